The van der Waals surface area contributed by atoms with Gasteiger partial charge in [0.2, 0.25) is 0 Å². The minimum atomic E-state index is 0.375. The lowest BCUT2D eigenvalue weighted by Gasteiger charge is -2.26. The van der Waals surface area contributed by atoms with Gasteiger partial charge in [-0.15, -0.1) is 0 Å². The molecule has 0 amide bonds. The molecule has 0 radical (unpaired) electrons. The molecule has 92 valence electrons. The number of hydrogen-bond acceptors (Lipinski definition) is 3. The first-order chi connectivity index (χ1) is 8.92. The predicted molar refractivity (Wildman–Crippen MR) is 70.5 cm³/mol. The van der Waals surface area contributed by atoms with Crippen LogP contribution in [-0.4, -0.2) is 17.6 Å². The van der Waals surface area contributed by atoms with Crippen molar-refractivity contribution < 1.29 is 4.74 Å². The maximum absolute atomic E-state index is 5.75. The van der Waals surface area contributed by atoms with Crippen molar-refractivity contribution in [1.82, 2.24) is 10.3 Å². The van der Waals surface area contributed by atoms with Crippen molar-refractivity contribution in [2.45, 2.75) is 19.0 Å². The lowest BCUT2D eigenvalue weighted by molar-refractivity contribution is 0.238. The quantitative estimate of drug-likeness (QED) is 0.893. The molecule has 3 nitrogen and oxygen atoms in total. The number of fused-ring (bicyclic) bond motifs is 1. The van der Waals surface area contributed by atoms with Crippen molar-refractivity contribution in [2.24, 2.45) is 0 Å². The number of ether oxygens (including phenoxy) is 1. The Morgan fingerprint density at radius 3 is 3.06 bits per heavy atom. The monoisotopic (exact) mass is 240 g/mol. The number of nitrogens with zero attached hydrogens (tertiary/aromatic N) is 1. The van der Waals surface area contributed by atoms with Crippen LogP contribution in [0.5, 0.6) is 5.75 Å². The van der Waals surface area contributed by atoms with Gasteiger partial charge in [0.05, 0.1) is 0 Å². The zero-order valence-corrected chi connectivity index (χ0v) is 10.2. The number of aromatic nitrogens is 1. The van der Waals surface area contributed by atoms with Gasteiger partial charge in [0.15, 0.2) is 0 Å². The third-order valence-corrected chi connectivity index (χ3v) is 3.20. The summed E-state index contributed by atoms with van der Waals surface area (Å²) in [6.07, 6.45) is 4.71. The molecule has 0 bridgehead atoms. The molecule has 18 heavy (non-hydrogen) atoms. The van der Waals surface area contributed by atoms with Gasteiger partial charge in [0.1, 0.15) is 12.4 Å². The van der Waals surface area contributed by atoms with Crippen LogP contribution >= 0.6 is 0 Å². The van der Waals surface area contributed by atoms with Crippen LogP contribution in [0.25, 0.3) is 0 Å². The average Bonchev–Trinajstić information content (AvgIpc) is 2.46. The molecule has 3 rings (SSSR count). The first-order valence-electron chi connectivity index (χ1n) is 6.25. The topological polar surface area (TPSA) is 34.2 Å². The number of benzene rings is 1. The van der Waals surface area contributed by atoms with Crippen molar-refractivity contribution in [3.05, 3.63) is 59.9 Å². The Kier molecular flexibility index (Phi) is 3.24. The highest BCUT2D eigenvalue weighted by Crippen LogP contribution is 2.23. The Morgan fingerprint density at radius 2 is 2.17 bits per heavy atom. The molecule has 0 fully saturated rings. The summed E-state index contributed by atoms with van der Waals surface area (Å²) in [5, 5.41) is 3.51. The van der Waals surface area contributed by atoms with E-state index >= 15 is 0 Å². The van der Waals surface area contributed by atoms with Crippen LogP contribution in [0, 0.1) is 0 Å². The summed E-state index contributed by atoms with van der Waals surface area (Å²) in [6, 6.07) is 12.7. The molecule has 1 aliphatic heterocycles. The SMILES string of the molecule is c1cncc(CN[C@H]2COc3ccccc3C2)c1. The van der Waals surface area contributed by atoms with Gasteiger partial charge >= 0.3 is 0 Å². The number of hydrogen-bond donors (Lipinski definition) is 1. The third kappa shape index (κ3) is 2.51. The average molecular weight is 240 g/mol. The first-order valence-corrected chi connectivity index (χ1v) is 6.25. The largest absolute Gasteiger partial charge is 0.492 e. The van der Waals surface area contributed by atoms with Crippen molar-refractivity contribution in [3.63, 3.8) is 0 Å². The van der Waals surface area contributed by atoms with Gasteiger partial charge in [-0.1, -0.05) is 24.3 Å². The molecule has 2 heterocycles. The first kappa shape index (κ1) is 11.2. The number of para-hydroxylation sites is 1. The van der Waals surface area contributed by atoms with Crippen LogP contribution in [-0.2, 0) is 13.0 Å². The van der Waals surface area contributed by atoms with Gasteiger partial charge in [-0.25, -0.2) is 0 Å². The molecular formula is C15H16N2O. The Bertz CT molecular complexity index is 513. The number of pyridine rings is 1. The molecule has 1 N–H and O–H groups in total. The summed E-state index contributed by atoms with van der Waals surface area (Å²) in [5.41, 5.74) is 2.49. The second-order valence-corrected chi connectivity index (χ2v) is 4.56. The molecule has 0 saturated carbocycles. The number of rotatable bonds is 3. The van der Waals surface area contributed by atoms with E-state index < -0.39 is 0 Å². The molecule has 0 saturated heterocycles. The van der Waals surface area contributed by atoms with E-state index in [1.54, 1.807) is 6.20 Å². The van der Waals surface area contributed by atoms with Gasteiger partial charge in [-0.3, -0.25) is 4.98 Å². The molecule has 0 spiro atoms. The van der Waals surface area contributed by atoms with Gasteiger partial charge in [-0.2, -0.15) is 0 Å². The Labute approximate surface area is 107 Å². The highest BCUT2D eigenvalue weighted by molar-refractivity contribution is 5.35. The van der Waals surface area contributed by atoms with Crippen molar-refractivity contribution in [3.8, 4) is 5.75 Å². The normalized spacial score (nSPS) is 17.9. The van der Waals surface area contributed by atoms with Gasteiger partial charge in [0, 0.05) is 25.0 Å². The molecule has 1 aromatic carbocycles. The molecule has 0 aliphatic carbocycles. The Balaban J connectivity index is 1.60. The molecule has 0 unspecified atom stereocenters. The predicted octanol–water partition coefficient (Wildman–Crippen LogP) is 2.17. The minimum absolute atomic E-state index is 0.375. The van der Waals surface area contributed by atoms with E-state index in [0.717, 1.165) is 25.3 Å². The van der Waals surface area contributed by atoms with E-state index in [-0.39, 0.29) is 0 Å². The van der Waals surface area contributed by atoms with E-state index in [1.807, 2.05) is 24.4 Å². The van der Waals surface area contributed by atoms with Crippen LogP contribution in [0.3, 0.4) is 0 Å². The summed E-state index contributed by atoms with van der Waals surface area (Å²) in [5.74, 6) is 1.02. The molecule has 1 aliphatic rings. The summed E-state index contributed by atoms with van der Waals surface area (Å²) < 4.78 is 5.75. The van der Waals surface area contributed by atoms with Crippen LogP contribution in [0.4, 0.5) is 0 Å². The van der Waals surface area contributed by atoms with Crippen LogP contribution in [0.1, 0.15) is 11.1 Å². The highest BCUT2D eigenvalue weighted by atomic mass is 16.5. The molecular weight excluding hydrogens is 224 g/mol. The second kappa shape index (κ2) is 5.19. The molecule has 2 aromatic rings. The van der Waals surface area contributed by atoms with E-state index in [1.165, 1.54) is 11.1 Å². The Hall–Kier alpha value is -1.87. The zero-order valence-electron chi connectivity index (χ0n) is 10.2. The van der Waals surface area contributed by atoms with Crippen LogP contribution in [0.15, 0.2) is 48.8 Å². The molecule has 1 atom stereocenters. The summed E-state index contributed by atoms with van der Waals surface area (Å²) in [7, 11) is 0. The zero-order chi connectivity index (χ0) is 12.2. The van der Waals surface area contributed by atoms with Crippen LogP contribution < -0.4 is 10.1 Å². The van der Waals surface area contributed by atoms with Crippen LogP contribution in [0.2, 0.25) is 0 Å². The van der Waals surface area contributed by atoms with Crippen molar-refractivity contribution >= 4 is 0 Å². The lowest BCUT2D eigenvalue weighted by atomic mass is 10.0. The fourth-order valence-corrected chi connectivity index (χ4v) is 2.22. The van der Waals surface area contributed by atoms with E-state index in [9.17, 15) is 0 Å². The van der Waals surface area contributed by atoms with E-state index in [0.29, 0.717) is 6.04 Å². The second-order valence-electron chi connectivity index (χ2n) is 4.56. The van der Waals surface area contributed by atoms with Gasteiger partial charge in [0.25, 0.3) is 0 Å². The smallest absolute Gasteiger partial charge is 0.122 e. The molecule has 1 aromatic heterocycles. The maximum atomic E-state index is 5.75. The van der Waals surface area contributed by atoms with Gasteiger partial charge in [-0.05, 0) is 29.7 Å². The fourth-order valence-electron chi connectivity index (χ4n) is 2.22. The van der Waals surface area contributed by atoms with Crippen molar-refractivity contribution in [1.29, 1.82) is 0 Å². The van der Waals surface area contributed by atoms with E-state index in [4.69, 9.17) is 4.74 Å². The fraction of sp³-hybridized carbons (Fsp3) is 0.267. The highest BCUT2D eigenvalue weighted by Gasteiger charge is 2.18. The Morgan fingerprint density at radius 1 is 1.22 bits per heavy atom. The maximum Gasteiger partial charge on any atom is 0.122 e. The third-order valence-electron chi connectivity index (χ3n) is 3.20. The standard InChI is InChI=1S/C15H16N2O/c1-2-6-15-13(5-1)8-14(11-18-15)17-10-12-4-3-7-16-9-12/h1-7,9,14,17H,8,10-11H2/t14-/m1/s1. The summed E-state index contributed by atoms with van der Waals surface area (Å²) in [4.78, 5) is 4.11. The molecule has 3 heteroatoms. The number of nitrogens with one attached hydrogen (secondary N) is 1. The van der Waals surface area contributed by atoms with Gasteiger partial charge < -0.3 is 10.1 Å². The lowest BCUT2D eigenvalue weighted by Crippen LogP contribution is -2.38. The van der Waals surface area contributed by atoms with E-state index in [2.05, 4.69) is 28.5 Å². The minimum Gasteiger partial charge on any atom is -0.492 e. The summed E-state index contributed by atoms with van der Waals surface area (Å²) >= 11 is 0. The van der Waals surface area contributed by atoms with Crippen molar-refractivity contribution in [2.75, 3.05) is 6.61 Å². The summed E-state index contributed by atoms with van der Waals surface area (Å²) in [6.45, 7) is 1.57.